The first-order valence-corrected chi connectivity index (χ1v) is 10.9. The van der Waals surface area contributed by atoms with E-state index in [1.165, 1.54) is 0 Å². The minimum Gasteiger partial charge on any atom is -0.368 e. The standard InChI is InChI=1S/C19H25N3O2S.C2H6/c1-3-5-6-7-8-16-25(23,24)21-18-10-9-11-19(17(18)4-2)22-14-12-20-13-15-22;1-2/h3-11,20-21H,1-2,12-16H2;1-2H3/b6-5-,8-7-;. The number of nitrogens with zero attached hydrogens (tertiary/aromatic N) is 1. The maximum atomic E-state index is 12.3. The van der Waals surface area contributed by atoms with Crippen LogP contribution >= 0.6 is 0 Å². The molecule has 0 atom stereocenters. The molecule has 0 saturated carbocycles. The minimum absolute atomic E-state index is 0.0943. The van der Waals surface area contributed by atoms with Gasteiger partial charge in [0, 0.05) is 37.4 Å². The second kappa shape index (κ2) is 12.1. The van der Waals surface area contributed by atoms with Gasteiger partial charge in [-0.05, 0) is 12.1 Å². The Morgan fingerprint density at radius 2 is 1.85 bits per heavy atom. The molecule has 148 valence electrons. The van der Waals surface area contributed by atoms with Crippen molar-refractivity contribution in [1.82, 2.24) is 5.32 Å². The predicted molar refractivity (Wildman–Crippen MR) is 119 cm³/mol. The van der Waals surface area contributed by atoms with Gasteiger partial charge in [-0.15, -0.1) is 0 Å². The number of anilines is 2. The zero-order chi connectivity index (χ0) is 20.1. The monoisotopic (exact) mass is 389 g/mol. The number of hydrogen-bond donors (Lipinski definition) is 2. The number of rotatable bonds is 8. The molecule has 0 bridgehead atoms. The summed E-state index contributed by atoms with van der Waals surface area (Å²) in [6, 6.07) is 5.63. The van der Waals surface area contributed by atoms with Gasteiger partial charge in [-0.25, -0.2) is 8.42 Å². The maximum Gasteiger partial charge on any atom is 0.236 e. The molecule has 1 fully saturated rings. The molecule has 27 heavy (non-hydrogen) atoms. The average Bonchev–Trinajstić information content (AvgIpc) is 2.69. The Morgan fingerprint density at radius 1 is 1.15 bits per heavy atom. The Balaban J connectivity index is 0.00000176. The summed E-state index contributed by atoms with van der Waals surface area (Å²) in [4.78, 5) is 2.24. The highest BCUT2D eigenvalue weighted by atomic mass is 32.2. The van der Waals surface area contributed by atoms with Crippen molar-refractivity contribution in [3.05, 3.63) is 67.3 Å². The van der Waals surface area contributed by atoms with Crippen LogP contribution in [0.5, 0.6) is 0 Å². The molecule has 0 aromatic heterocycles. The van der Waals surface area contributed by atoms with Gasteiger partial charge >= 0.3 is 0 Å². The zero-order valence-corrected chi connectivity index (χ0v) is 17.1. The van der Waals surface area contributed by atoms with Crippen molar-refractivity contribution in [3.8, 4) is 0 Å². The van der Waals surface area contributed by atoms with Crippen LogP contribution in [0.3, 0.4) is 0 Å². The lowest BCUT2D eigenvalue weighted by Crippen LogP contribution is -2.43. The third kappa shape index (κ3) is 7.45. The Morgan fingerprint density at radius 3 is 2.48 bits per heavy atom. The van der Waals surface area contributed by atoms with Crippen molar-refractivity contribution < 1.29 is 8.42 Å². The van der Waals surface area contributed by atoms with Crippen molar-refractivity contribution in [1.29, 1.82) is 0 Å². The summed E-state index contributed by atoms with van der Waals surface area (Å²) in [5.41, 5.74) is 2.37. The molecule has 1 aliphatic heterocycles. The van der Waals surface area contributed by atoms with E-state index >= 15 is 0 Å². The van der Waals surface area contributed by atoms with Crippen LogP contribution in [0.15, 0.2) is 61.7 Å². The highest BCUT2D eigenvalue weighted by Gasteiger charge is 2.17. The van der Waals surface area contributed by atoms with E-state index in [1.54, 1.807) is 42.5 Å². The number of hydrogen-bond acceptors (Lipinski definition) is 4. The van der Waals surface area contributed by atoms with E-state index in [0.717, 1.165) is 37.4 Å². The SMILES string of the molecule is C=C/C=C\C=C/CS(=O)(=O)Nc1cccc(N2CCNCC2)c1C=C.CC. The number of allylic oxidation sites excluding steroid dienone is 4. The average molecular weight is 390 g/mol. The van der Waals surface area contributed by atoms with Crippen molar-refractivity contribution in [2.24, 2.45) is 0 Å². The van der Waals surface area contributed by atoms with Crippen molar-refractivity contribution in [3.63, 3.8) is 0 Å². The molecule has 1 heterocycles. The van der Waals surface area contributed by atoms with E-state index in [1.807, 2.05) is 26.0 Å². The second-order valence-corrected chi connectivity index (χ2v) is 7.38. The third-order valence-corrected chi connectivity index (χ3v) is 4.98. The smallest absolute Gasteiger partial charge is 0.236 e. The molecule has 6 heteroatoms. The molecule has 2 rings (SSSR count). The summed E-state index contributed by atoms with van der Waals surface area (Å²) in [7, 11) is -3.48. The van der Waals surface area contributed by atoms with E-state index in [0.29, 0.717) is 5.69 Å². The molecule has 0 spiro atoms. The van der Waals surface area contributed by atoms with Gasteiger partial charge in [-0.1, -0.05) is 69.5 Å². The fraction of sp³-hybridized carbons (Fsp3) is 0.333. The van der Waals surface area contributed by atoms with Crippen LogP contribution in [0.1, 0.15) is 19.4 Å². The van der Waals surface area contributed by atoms with Gasteiger partial charge < -0.3 is 10.2 Å². The second-order valence-electron chi connectivity index (χ2n) is 5.61. The molecule has 1 saturated heterocycles. The molecule has 1 aromatic carbocycles. The summed E-state index contributed by atoms with van der Waals surface area (Å²) < 4.78 is 27.3. The highest BCUT2D eigenvalue weighted by molar-refractivity contribution is 7.92. The van der Waals surface area contributed by atoms with Crippen LogP contribution in [-0.4, -0.2) is 40.3 Å². The summed E-state index contributed by atoms with van der Waals surface area (Å²) >= 11 is 0. The maximum absolute atomic E-state index is 12.3. The van der Waals surface area contributed by atoms with Gasteiger partial charge in [0.25, 0.3) is 0 Å². The summed E-state index contributed by atoms with van der Waals surface area (Å²) in [6.45, 7) is 15.0. The molecular weight excluding hydrogens is 358 g/mol. The zero-order valence-electron chi connectivity index (χ0n) is 16.3. The molecule has 0 amide bonds. The largest absolute Gasteiger partial charge is 0.368 e. The minimum atomic E-state index is -3.48. The van der Waals surface area contributed by atoms with Gasteiger partial charge in [0.05, 0.1) is 11.4 Å². The highest BCUT2D eigenvalue weighted by Crippen LogP contribution is 2.29. The molecule has 5 nitrogen and oxygen atoms in total. The lowest BCUT2D eigenvalue weighted by Gasteiger charge is -2.31. The van der Waals surface area contributed by atoms with Crippen molar-refractivity contribution >= 4 is 27.5 Å². The molecule has 1 aromatic rings. The first kappa shape index (κ1) is 22.7. The van der Waals surface area contributed by atoms with Crippen molar-refractivity contribution in [2.45, 2.75) is 13.8 Å². The quantitative estimate of drug-likeness (QED) is 0.664. The van der Waals surface area contributed by atoms with Crippen LogP contribution in [0.2, 0.25) is 0 Å². The summed E-state index contributed by atoms with van der Waals surface area (Å²) in [6.07, 6.45) is 10.1. The Labute approximate surface area is 164 Å². The van der Waals surface area contributed by atoms with E-state index in [2.05, 4.69) is 28.1 Å². The third-order valence-electron chi connectivity index (χ3n) is 3.82. The molecule has 0 radical (unpaired) electrons. The lowest BCUT2D eigenvalue weighted by molar-refractivity contribution is 0.589. The van der Waals surface area contributed by atoms with Crippen LogP contribution in [0.25, 0.3) is 6.08 Å². The van der Waals surface area contributed by atoms with E-state index in [9.17, 15) is 8.42 Å². The lowest BCUT2D eigenvalue weighted by atomic mass is 10.1. The van der Waals surface area contributed by atoms with Gasteiger partial charge in [0.15, 0.2) is 0 Å². The van der Waals surface area contributed by atoms with Gasteiger partial charge in [0.1, 0.15) is 0 Å². The number of piperazine rings is 1. The number of sulfonamides is 1. The molecular formula is C21H31N3O2S. The molecule has 0 aliphatic carbocycles. The first-order chi connectivity index (χ1) is 13.1. The normalized spacial score (nSPS) is 14.7. The fourth-order valence-electron chi connectivity index (χ4n) is 2.65. The summed E-state index contributed by atoms with van der Waals surface area (Å²) in [5, 5.41) is 3.31. The molecule has 2 N–H and O–H groups in total. The van der Waals surface area contributed by atoms with Crippen LogP contribution < -0.4 is 14.9 Å². The van der Waals surface area contributed by atoms with E-state index in [4.69, 9.17) is 0 Å². The van der Waals surface area contributed by atoms with E-state index < -0.39 is 10.0 Å². The molecule has 0 unspecified atom stereocenters. The first-order valence-electron chi connectivity index (χ1n) is 9.23. The van der Waals surface area contributed by atoms with Gasteiger partial charge in [0.2, 0.25) is 10.0 Å². The van der Waals surface area contributed by atoms with Crippen LogP contribution in [0.4, 0.5) is 11.4 Å². The Kier molecular flexibility index (Phi) is 10.2. The fourth-order valence-corrected chi connectivity index (χ4v) is 3.61. The topological polar surface area (TPSA) is 61.4 Å². The number of benzene rings is 1. The van der Waals surface area contributed by atoms with Gasteiger partial charge in [-0.2, -0.15) is 0 Å². The molecule has 1 aliphatic rings. The van der Waals surface area contributed by atoms with E-state index in [-0.39, 0.29) is 5.75 Å². The predicted octanol–water partition coefficient (Wildman–Crippen LogP) is 3.81. The Bertz CT molecular complexity index is 762. The number of nitrogens with one attached hydrogen (secondary N) is 2. The van der Waals surface area contributed by atoms with Crippen LogP contribution in [-0.2, 0) is 10.0 Å². The van der Waals surface area contributed by atoms with Crippen molar-refractivity contribution in [2.75, 3.05) is 41.6 Å². The summed E-state index contributed by atoms with van der Waals surface area (Å²) in [5.74, 6) is -0.0943. The van der Waals surface area contributed by atoms with Crippen LogP contribution in [0, 0.1) is 0 Å². The van der Waals surface area contributed by atoms with Gasteiger partial charge in [-0.3, -0.25) is 4.72 Å². The Hall–Kier alpha value is -2.31.